The van der Waals surface area contributed by atoms with E-state index >= 15 is 0 Å². The van der Waals surface area contributed by atoms with Gasteiger partial charge in [0.05, 0.1) is 13.2 Å². The average molecular weight is 412 g/mol. The van der Waals surface area contributed by atoms with E-state index in [-0.39, 0.29) is 17.9 Å². The quantitative estimate of drug-likeness (QED) is 0.821. The Hall–Kier alpha value is -2.38. The summed E-state index contributed by atoms with van der Waals surface area (Å²) < 4.78 is 11.9. The summed E-state index contributed by atoms with van der Waals surface area (Å²) in [7, 11) is 0. The van der Waals surface area contributed by atoms with Crippen LogP contribution in [0.15, 0.2) is 30.5 Å². The normalized spacial score (nSPS) is 29.8. The van der Waals surface area contributed by atoms with Crippen LogP contribution >= 0.6 is 0 Å². The van der Waals surface area contributed by atoms with Gasteiger partial charge >= 0.3 is 0 Å². The Bertz CT molecular complexity index is 864. The molecule has 7 heteroatoms. The van der Waals surface area contributed by atoms with Crippen LogP contribution in [-0.4, -0.2) is 66.1 Å². The monoisotopic (exact) mass is 411 g/mol. The van der Waals surface area contributed by atoms with Crippen LogP contribution in [-0.2, 0) is 16.1 Å². The molecule has 4 aliphatic rings. The molecule has 3 fully saturated rings. The van der Waals surface area contributed by atoms with Crippen molar-refractivity contribution in [1.82, 2.24) is 15.1 Å². The highest BCUT2D eigenvalue weighted by atomic mass is 16.5. The molecule has 2 saturated heterocycles. The number of carbonyl (C=O) groups is 2. The van der Waals surface area contributed by atoms with Gasteiger partial charge in [0.15, 0.2) is 0 Å². The zero-order valence-corrected chi connectivity index (χ0v) is 17.3. The van der Waals surface area contributed by atoms with Crippen molar-refractivity contribution in [2.24, 2.45) is 0 Å². The summed E-state index contributed by atoms with van der Waals surface area (Å²) in [6, 6.07) is 5.74. The molecule has 30 heavy (non-hydrogen) atoms. The summed E-state index contributed by atoms with van der Waals surface area (Å²) >= 11 is 0. The standard InChI is InChI=1S/C23H29N3O4/c1-15-5-8-20(22(27)24-15)26-14-16-13-17(6-7-18(16)23(26)28)30-21-4-2-3-19(21)25-9-11-29-12-10-25/h6-7,13,19-21H,1-5,8-12,14H2,(H,24,27)/t19-,20?,21+/m0/s1. The summed E-state index contributed by atoms with van der Waals surface area (Å²) in [5, 5.41) is 2.78. The Labute approximate surface area is 177 Å². The van der Waals surface area contributed by atoms with Gasteiger partial charge in [-0.15, -0.1) is 0 Å². The molecule has 3 heterocycles. The number of piperidine rings is 1. The molecule has 1 N–H and O–H groups in total. The van der Waals surface area contributed by atoms with E-state index in [1.165, 1.54) is 6.42 Å². The number of nitrogens with zero attached hydrogens (tertiary/aromatic N) is 2. The first-order valence-corrected chi connectivity index (χ1v) is 11.0. The fraction of sp³-hybridized carbons (Fsp3) is 0.565. The zero-order valence-electron chi connectivity index (χ0n) is 17.3. The molecule has 3 atom stereocenters. The molecular formula is C23H29N3O4. The minimum absolute atomic E-state index is 0.0729. The third kappa shape index (κ3) is 3.61. The Balaban J connectivity index is 1.28. The van der Waals surface area contributed by atoms with Gasteiger partial charge in [-0.3, -0.25) is 14.5 Å². The number of hydrogen-bond acceptors (Lipinski definition) is 5. The molecule has 3 aliphatic heterocycles. The van der Waals surface area contributed by atoms with Crippen LogP contribution in [0.4, 0.5) is 0 Å². The maximum absolute atomic E-state index is 12.9. The number of rotatable bonds is 4. The van der Waals surface area contributed by atoms with E-state index in [1.54, 1.807) is 4.90 Å². The number of nitrogens with one attached hydrogen (secondary N) is 1. The first kappa shape index (κ1) is 19.6. The third-order valence-electron chi connectivity index (χ3n) is 6.83. The maximum Gasteiger partial charge on any atom is 0.255 e. The topological polar surface area (TPSA) is 71.1 Å². The van der Waals surface area contributed by atoms with Crippen molar-refractivity contribution < 1.29 is 19.1 Å². The summed E-state index contributed by atoms with van der Waals surface area (Å²) in [5.74, 6) is 0.606. The summed E-state index contributed by atoms with van der Waals surface area (Å²) in [6.45, 7) is 7.79. The smallest absolute Gasteiger partial charge is 0.255 e. The maximum atomic E-state index is 12.9. The molecule has 7 nitrogen and oxygen atoms in total. The van der Waals surface area contributed by atoms with Crippen molar-refractivity contribution in [3.8, 4) is 5.75 Å². The average Bonchev–Trinajstić information content (AvgIpc) is 3.33. The highest BCUT2D eigenvalue weighted by molar-refractivity contribution is 6.01. The van der Waals surface area contributed by atoms with Crippen LogP contribution in [0.1, 0.15) is 48.0 Å². The minimum atomic E-state index is -0.430. The lowest BCUT2D eigenvalue weighted by Crippen LogP contribution is -2.49. The Kier molecular flexibility index (Phi) is 5.25. The van der Waals surface area contributed by atoms with E-state index in [9.17, 15) is 9.59 Å². The van der Waals surface area contributed by atoms with Crippen molar-refractivity contribution in [3.63, 3.8) is 0 Å². The first-order chi connectivity index (χ1) is 14.6. The lowest BCUT2D eigenvalue weighted by Gasteiger charge is -2.35. The van der Waals surface area contributed by atoms with Gasteiger partial charge in [-0.25, -0.2) is 0 Å². The number of benzene rings is 1. The number of hydrogen-bond donors (Lipinski definition) is 1. The molecule has 1 aromatic carbocycles. The van der Waals surface area contributed by atoms with Crippen molar-refractivity contribution in [1.29, 1.82) is 0 Å². The molecule has 0 aromatic heterocycles. The lowest BCUT2D eigenvalue weighted by atomic mass is 10.0. The molecule has 1 saturated carbocycles. The molecule has 5 rings (SSSR count). The Morgan fingerprint density at radius 2 is 1.97 bits per heavy atom. The van der Waals surface area contributed by atoms with E-state index in [4.69, 9.17) is 9.47 Å². The largest absolute Gasteiger partial charge is 0.489 e. The molecule has 2 amide bonds. The number of ether oxygens (including phenoxy) is 2. The van der Waals surface area contributed by atoms with Crippen molar-refractivity contribution >= 4 is 11.8 Å². The zero-order chi connectivity index (χ0) is 20.7. The number of morpholine rings is 1. The second-order valence-corrected chi connectivity index (χ2v) is 8.70. The van der Waals surface area contributed by atoms with Crippen molar-refractivity contribution in [3.05, 3.63) is 41.6 Å². The molecular weight excluding hydrogens is 382 g/mol. The molecule has 0 spiro atoms. The number of fused-ring (bicyclic) bond motifs is 1. The number of carbonyl (C=O) groups excluding carboxylic acids is 2. The highest BCUT2D eigenvalue weighted by Crippen LogP contribution is 2.33. The van der Waals surface area contributed by atoms with E-state index in [0.717, 1.165) is 56.2 Å². The van der Waals surface area contributed by atoms with Gasteiger partial charge in [0, 0.05) is 36.9 Å². The second kappa shape index (κ2) is 8.04. The fourth-order valence-corrected chi connectivity index (χ4v) is 5.25. The Morgan fingerprint density at radius 3 is 2.77 bits per heavy atom. The summed E-state index contributed by atoms with van der Waals surface area (Å²) in [5.41, 5.74) is 2.34. The predicted octanol–water partition coefficient (Wildman–Crippen LogP) is 2.07. The molecule has 0 radical (unpaired) electrons. The van der Waals surface area contributed by atoms with Crippen molar-refractivity contribution in [2.45, 2.75) is 56.8 Å². The van der Waals surface area contributed by atoms with E-state index in [2.05, 4.69) is 16.8 Å². The second-order valence-electron chi connectivity index (χ2n) is 8.70. The van der Waals surface area contributed by atoms with Crippen LogP contribution < -0.4 is 10.1 Å². The van der Waals surface area contributed by atoms with Crippen LogP contribution in [0, 0.1) is 0 Å². The van der Waals surface area contributed by atoms with Gasteiger partial charge in [0.1, 0.15) is 17.9 Å². The lowest BCUT2D eigenvalue weighted by molar-refractivity contribution is -0.126. The minimum Gasteiger partial charge on any atom is -0.489 e. The van der Waals surface area contributed by atoms with Gasteiger partial charge < -0.3 is 19.7 Å². The number of amides is 2. The van der Waals surface area contributed by atoms with Gasteiger partial charge in [-0.05, 0) is 55.9 Å². The fourth-order valence-electron chi connectivity index (χ4n) is 5.25. The van der Waals surface area contributed by atoms with E-state index in [1.807, 2.05) is 18.2 Å². The van der Waals surface area contributed by atoms with E-state index < -0.39 is 6.04 Å². The Morgan fingerprint density at radius 1 is 1.13 bits per heavy atom. The predicted molar refractivity (Wildman–Crippen MR) is 111 cm³/mol. The van der Waals surface area contributed by atoms with Gasteiger partial charge in [0.2, 0.25) is 5.91 Å². The van der Waals surface area contributed by atoms with Gasteiger partial charge in [0.25, 0.3) is 5.91 Å². The van der Waals surface area contributed by atoms with Gasteiger partial charge in [-0.1, -0.05) is 6.58 Å². The van der Waals surface area contributed by atoms with Crippen molar-refractivity contribution in [2.75, 3.05) is 26.3 Å². The van der Waals surface area contributed by atoms with Crippen LogP contribution in [0.3, 0.4) is 0 Å². The van der Waals surface area contributed by atoms with E-state index in [0.29, 0.717) is 31.0 Å². The first-order valence-electron chi connectivity index (χ1n) is 11.0. The van der Waals surface area contributed by atoms with Crippen LogP contribution in [0.2, 0.25) is 0 Å². The summed E-state index contributed by atoms with van der Waals surface area (Å²) in [6.07, 6.45) is 4.88. The summed E-state index contributed by atoms with van der Waals surface area (Å²) in [4.78, 5) is 29.4. The molecule has 0 bridgehead atoms. The molecule has 1 unspecified atom stereocenters. The SMILES string of the molecule is C=C1CCC(N2Cc3cc(O[C@@H]4CCC[C@@H]4N4CCOCC4)ccc3C2=O)C(=O)N1. The van der Waals surface area contributed by atoms with Gasteiger partial charge in [-0.2, -0.15) is 0 Å². The number of allylic oxidation sites excluding steroid dienone is 1. The van der Waals surface area contributed by atoms with Crippen LogP contribution in [0.25, 0.3) is 0 Å². The molecule has 1 aromatic rings. The van der Waals surface area contributed by atoms with Crippen LogP contribution in [0.5, 0.6) is 5.75 Å². The molecule has 160 valence electrons. The third-order valence-corrected chi connectivity index (χ3v) is 6.83. The molecule has 1 aliphatic carbocycles. The highest BCUT2D eigenvalue weighted by Gasteiger charge is 2.39.